The molecule has 0 radical (unpaired) electrons. The average Bonchev–Trinajstić information content (AvgIpc) is 2.25. The van der Waals surface area contributed by atoms with Gasteiger partial charge in [-0.05, 0) is 24.8 Å². The summed E-state index contributed by atoms with van der Waals surface area (Å²) in [4.78, 5) is 0. The molecular formula is C12H19ClO2. The molecule has 2 atom stereocenters. The van der Waals surface area contributed by atoms with Gasteiger partial charge in [0.25, 0.3) is 0 Å². The molecule has 2 nitrogen and oxygen atoms in total. The maximum absolute atomic E-state index is 9.90. The minimum atomic E-state index is -0.833. The predicted octanol–water partition coefficient (Wildman–Crippen LogP) is 2.74. The highest BCUT2D eigenvalue weighted by molar-refractivity contribution is 6.30. The van der Waals surface area contributed by atoms with Crippen LogP contribution in [0.15, 0.2) is 22.8 Å². The molecule has 0 spiro atoms. The van der Waals surface area contributed by atoms with E-state index in [-0.39, 0.29) is 0 Å². The van der Waals surface area contributed by atoms with Crippen LogP contribution in [0.4, 0.5) is 0 Å². The molecule has 0 heterocycles. The van der Waals surface area contributed by atoms with Crippen molar-refractivity contribution in [2.75, 3.05) is 0 Å². The molecular weight excluding hydrogens is 212 g/mol. The Morgan fingerprint density at radius 3 is 2.80 bits per heavy atom. The Bertz CT molecular complexity index is 258. The molecule has 0 saturated carbocycles. The Labute approximate surface area is 96.3 Å². The first-order valence-corrected chi connectivity index (χ1v) is 5.95. The highest BCUT2D eigenvalue weighted by atomic mass is 35.5. The van der Waals surface area contributed by atoms with Crippen molar-refractivity contribution in [3.8, 4) is 0 Å². The summed E-state index contributed by atoms with van der Waals surface area (Å²) in [5, 5.41) is 20.3. The number of aliphatic hydroxyl groups is 2. The summed E-state index contributed by atoms with van der Waals surface area (Å²) in [6.07, 6.45) is 6.53. The van der Waals surface area contributed by atoms with Gasteiger partial charge in [-0.2, -0.15) is 0 Å². The van der Waals surface area contributed by atoms with Gasteiger partial charge in [0, 0.05) is 5.03 Å². The molecule has 0 fully saturated rings. The van der Waals surface area contributed by atoms with E-state index in [1.165, 1.54) is 0 Å². The number of rotatable bonds is 5. The molecule has 1 aliphatic carbocycles. The van der Waals surface area contributed by atoms with Gasteiger partial charge in [-0.15, -0.1) is 0 Å². The normalized spacial score (nSPS) is 20.5. The molecule has 1 aliphatic rings. The van der Waals surface area contributed by atoms with Crippen molar-refractivity contribution in [1.82, 2.24) is 0 Å². The summed E-state index contributed by atoms with van der Waals surface area (Å²) in [6, 6.07) is 0. The summed E-state index contributed by atoms with van der Waals surface area (Å²) in [6.45, 7) is 2.06. The van der Waals surface area contributed by atoms with Gasteiger partial charge in [0.1, 0.15) is 6.10 Å². The highest BCUT2D eigenvalue weighted by Gasteiger charge is 2.22. The van der Waals surface area contributed by atoms with Gasteiger partial charge in [0.2, 0.25) is 0 Å². The first kappa shape index (κ1) is 12.8. The topological polar surface area (TPSA) is 40.5 Å². The Kier molecular flexibility index (Phi) is 5.37. The molecule has 3 heteroatoms. The van der Waals surface area contributed by atoms with Crippen LogP contribution in [0.5, 0.6) is 0 Å². The Balaban J connectivity index is 2.58. The fourth-order valence-corrected chi connectivity index (χ4v) is 1.98. The van der Waals surface area contributed by atoms with E-state index in [0.717, 1.165) is 25.7 Å². The smallest absolute Gasteiger partial charge is 0.106 e. The van der Waals surface area contributed by atoms with E-state index in [2.05, 4.69) is 6.92 Å². The summed E-state index contributed by atoms with van der Waals surface area (Å²) in [5.41, 5.74) is 0.687. The first-order chi connectivity index (χ1) is 7.16. The fraction of sp³-hybridized carbons (Fsp3) is 0.667. The van der Waals surface area contributed by atoms with Gasteiger partial charge >= 0.3 is 0 Å². The van der Waals surface area contributed by atoms with Crippen molar-refractivity contribution < 1.29 is 10.2 Å². The van der Waals surface area contributed by atoms with Crippen molar-refractivity contribution in [1.29, 1.82) is 0 Å². The average molecular weight is 231 g/mol. The van der Waals surface area contributed by atoms with E-state index in [9.17, 15) is 10.2 Å². The molecule has 0 unspecified atom stereocenters. The molecule has 0 saturated heterocycles. The lowest BCUT2D eigenvalue weighted by Crippen LogP contribution is -2.28. The molecule has 2 N–H and O–H groups in total. The van der Waals surface area contributed by atoms with Crippen LogP contribution in [0.1, 0.15) is 39.0 Å². The van der Waals surface area contributed by atoms with Crippen LogP contribution >= 0.6 is 11.6 Å². The molecule has 15 heavy (non-hydrogen) atoms. The molecule has 0 aromatic carbocycles. The minimum Gasteiger partial charge on any atom is -0.390 e. The molecule has 0 aromatic rings. The second kappa shape index (κ2) is 6.31. The van der Waals surface area contributed by atoms with Crippen molar-refractivity contribution in [3.05, 3.63) is 22.8 Å². The lowest BCUT2D eigenvalue weighted by Gasteiger charge is -2.21. The zero-order valence-electron chi connectivity index (χ0n) is 9.12. The zero-order chi connectivity index (χ0) is 11.3. The van der Waals surface area contributed by atoms with Gasteiger partial charge in [-0.1, -0.05) is 43.5 Å². The van der Waals surface area contributed by atoms with Gasteiger partial charge in [-0.3, -0.25) is 0 Å². The monoisotopic (exact) mass is 230 g/mol. The Hall–Kier alpha value is -0.310. The third-order valence-corrected chi connectivity index (χ3v) is 3.08. The van der Waals surface area contributed by atoms with Crippen molar-refractivity contribution in [3.63, 3.8) is 0 Å². The second-order valence-corrected chi connectivity index (χ2v) is 4.41. The number of unbranched alkanes of at least 4 members (excludes halogenated alkanes) is 1. The van der Waals surface area contributed by atoms with Crippen LogP contribution in [-0.2, 0) is 0 Å². The third kappa shape index (κ3) is 3.63. The molecule has 0 aliphatic heterocycles. The second-order valence-electron chi connectivity index (χ2n) is 3.96. The van der Waals surface area contributed by atoms with E-state index < -0.39 is 12.2 Å². The third-order valence-electron chi connectivity index (χ3n) is 2.68. The maximum Gasteiger partial charge on any atom is 0.106 e. The molecule has 1 rings (SSSR count). The number of aliphatic hydroxyl groups excluding tert-OH is 2. The molecule has 0 amide bonds. The van der Waals surface area contributed by atoms with Crippen LogP contribution in [0, 0.1) is 0 Å². The zero-order valence-corrected chi connectivity index (χ0v) is 9.87. The molecule has 0 bridgehead atoms. The SMILES string of the molecule is CCCC[C@H](O)[C@@H](O)C1=C(Cl)CCC=C1. The lowest BCUT2D eigenvalue weighted by molar-refractivity contribution is 0.0366. The summed E-state index contributed by atoms with van der Waals surface area (Å²) in [7, 11) is 0. The largest absolute Gasteiger partial charge is 0.390 e. The van der Waals surface area contributed by atoms with Crippen molar-refractivity contribution in [2.24, 2.45) is 0 Å². The van der Waals surface area contributed by atoms with Gasteiger partial charge in [-0.25, -0.2) is 0 Å². The number of hydrogen-bond donors (Lipinski definition) is 2. The van der Waals surface area contributed by atoms with Crippen LogP contribution in [-0.4, -0.2) is 22.4 Å². The number of allylic oxidation sites excluding steroid dienone is 2. The summed E-state index contributed by atoms with van der Waals surface area (Å²) < 4.78 is 0. The van der Waals surface area contributed by atoms with E-state index in [4.69, 9.17) is 11.6 Å². The van der Waals surface area contributed by atoms with E-state index in [0.29, 0.717) is 17.0 Å². The Morgan fingerprint density at radius 1 is 1.47 bits per heavy atom. The number of halogens is 1. The van der Waals surface area contributed by atoms with E-state index >= 15 is 0 Å². The standard InChI is InChI=1S/C12H19ClO2/c1-2-3-8-11(14)12(15)9-6-4-5-7-10(9)13/h4,6,11-12,14-15H,2-3,5,7-8H2,1H3/t11-,12-/m0/s1. The van der Waals surface area contributed by atoms with Crippen molar-refractivity contribution in [2.45, 2.75) is 51.2 Å². The van der Waals surface area contributed by atoms with E-state index in [1.54, 1.807) is 0 Å². The first-order valence-electron chi connectivity index (χ1n) is 5.58. The van der Waals surface area contributed by atoms with Crippen LogP contribution in [0.3, 0.4) is 0 Å². The maximum atomic E-state index is 9.90. The molecule has 0 aromatic heterocycles. The summed E-state index contributed by atoms with van der Waals surface area (Å²) >= 11 is 6.01. The predicted molar refractivity (Wildman–Crippen MR) is 62.8 cm³/mol. The van der Waals surface area contributed by atoms with Crippen molar-refractivity contribution >= 4 is 11.6 Å². The van der Waals surface area contributed by atoms with Crippen LogP contribution < -0.4 is 0 Å². The van der Waals surface area contributed by atoms with Gasteiger partial charge in [0.05, 0.1) is 6.10 Å². The quantitative estimate of drug-likeness (QED) is 0.763. The summed E-state index contributed by atoms with van der Waals surface area (Å²) in [5.74, 6) is 0. The van der Waals surface area contributed by atoms with Crippen LogP contribution in [0.2, 0.25) is 0 Å². The van der Waals surface area contributed by atoms with Gasteiger partial charge in [0.15, 0.2) is 0 Å². The highest BCUT2D eigenvalue weighted by Crippen LogP contribution is 2.26. The van der Waals surface area contributed by atoms with Gasteiger partial charge < -0.3 is 10.2 Å². The lowest BCUT2D eigenvalue weighted by atomic mass is 9.96. The number of hydrogen-bond acceptors (Lipinski definition) is 2. The van der Waals surface area contributed by atoms with E-state index in [1.807, 2.05) is 12.2 Å². The molecule has 86 valence electrons. The van der Waals surface area contributed by atoms with Crippen LogP contribution in [0.25, 0.3) is 0 Å². The fourth-order valence-electron chi connectivity index (χ4n) is 1.69. The Morgan fingerprint density at radius 2 is 2.20 bits per heavy atom. The minimum absolute atomic E-state index is 0.624.